The summed E-state index contributed by atoms with van der Waals surface area (Å²) >= 11 is 5.24. The van der Waals surface area contributed by atoms with E-state index >= 15 is 0 Å². The van der Waals surface area contributed by atoms with Crippen molar-refractivity contribution < 1.29 is 14.3 Å². The highest BCUT2D eigenvalue weighted by molar-refractivity contribution is 6.26. The molecule has 76 valence electrons. The Morgan fingerprint density at radius 1 is 1.31 bits per heavy atom. The van der Waals surface area contributed by atoms with Gasteiger partial charge in [-0.25, -0.2) is 0 Å². The maximum atomic E-state index is 10.6. The van der Waals surface area contributed by atoms with Crippen molar-refractivity contribution in [2.24, 2.45) is 0 Å². The molecule has 0 atom stereocenters. The molecule has 0 aromatic heterocycles. The van der Waals surface area contributed by atoms with Gasteiger partial charge >= 0.3 is 5.97 Å². The molecule has 0 heterocycles. The number of carbonyl (C=O) groups is 1. The van der Waals surface area contributed by atoms with Crippen LogP contribution in [0.3, 0.4) is 0 Å². The minimum absolute atomic E-state index is 0.0518. The average molecular weight is 207 g/mol. The Bertz CT molecular complexity index is 155. The highest BCUT2D eigenvalue weighted by Crippen LogP contribution is 2.19. The molecule has 1 aliphatic carbocycles. The SMILES string of the molecule is O=C(CCl)OCOC1CCCCC1. The average Bonchev–Trinajstić information content (AvgIpc) is 2.19. The van der Waals surface area contributed by atoms with Crippen molar-refractivity contribution >= 4 is 17.6 Å². The maximum absolute atomic E-state index is 10.6. The van der Waals surface area contributed by atoms with E-state index in [9.17, 15) is 4.79 Å². The number of esters is 1. The fraction of sp³-hybridized carbons (Fsp3) is 0.889. The van der Waals surface area contributed by atoms with Crippen LogP contribution in [0, 0.1) is 0 Å². The zero-order valence-electron chi connectivity index (χ0n) is 7.63. The van der Waals surface area contributed by atoms with Crippen molar-refractivity contribution in [1.29, 1.82) is 0 Å². The van der Waals surface area contributed by atoms with Gasteiger partial charge in [0.25, 0.3) is 0 Å². The first-order valence-electron chi connectivity index (χ1n) is 4.66. The molecule has 0 amide bonds. The zero-order valence-corrected chi connectivity index (χ0v) is 8.39. The molecule has 0 unspecified atom stereocenters. The van der Waals surface area contributed by atoms with Crippen molar-refractivity contribution in [3.8, 4) is 0 Å². The molecule has 4 heteroatoms. The van der Waals surface area contributed by atoms with Crippen LogP contribution in [-0.2, 0) is 14.3 Å². The molecule has 0 aromatic carbocycles. The molecule has 1 aliphatic rings. The summed E-state index contributed by atoms with van der Waals surface area (Å²) in [6.07, 6.45) is 6.16. The summed E-state index contributed by atoms with van der Waals surface area (Å²) in [7, 11) is 0. The number of hydrogen-bond donors (Lipinski definition) is 0. The summed E-state index contributed by atoms with van der Waals surface area (Å²) in [5.74, 6) is -0.522. The predicted octanol–water partition coefficient (Wildman–Crippen LogP) is 2.08. The van der Waals surface area contributed by atoms with Gasteiger partial charge in [-0.1, -0.05) is 19.3 Å². The number of ether oxygens (including phenoxy) is 2. The van der Waals surface area contributed by atoms with Gasteiger partial charge in [0.1, 0.15) is 5.88 Å². The first-order valence-corrected chi connectivity index (χ1v) is 5.19. The maximum Gasteiger partial charge on any atom is 0.322 e. The lowest BCUT2D eigenvalue weighted by molar-refractivity contribution is -0.159. The monoisotopic (exact) mass is 206 g/mol. The molecule has 0 saturated heterocycles. The van der Waals surface area contributed by atoms with E-state index in [2.05, 4.69) is 0 Å². The molecule has 0 spiro atoms. The van der Waals surface area contributed by atoms with E-state index < -0.39 is 5.97 Å². The Morgan fingerprint density at radius 3 is 2.62 bits per heavy atom. The van der Waals surface area contributed by atoms with Gasteiger partial charge in [0.05, 0.1) is 6.10 Å². The van der Waals surface area contributed by atoms with E-state index in [1.54, 1.807) is 0 Å². The van der Waals surface area contributed by atoms with Crippen LogP contribution < -0.4 is 0 Å². The summed E-state index contributed by atoms with van der Waals surface area (Å²) in [5, 5.41) is 0. The highest BCUT2D eigenvalue weighted by atomic mass is 35.5. The summed E-state index contributed by atoms with van der Waals surface area (Å²) in [5.41, 5.74) is 0. The van der Waals surface area contributed by atoms with Crippen molar-refractivity contribution in [3.63, 3.8) is 0 Å². The Balaban J connectivity index is 2.01. The number of halogens is 1. The van der Waals surface area contributed by atoms with Crippen LogP contribution in [0.25, 0.3) is 0 Å². The molecule has 0 N–H and O–H groups in total. The van der Waals surface area contributed by atoms with Crippen LogP contribution >= 0.6 is 11.6 Å². The van der Waals surface area contributed by atoms with E-state index in [0.29, 0.717) is 0 Å². The standard InChI is InChI=1S/C9H15ClO3/c10-6-9(11)13-7-12-8-4-2-1-3-5-8/h8H,1-7H2. The Kier molecular flexibility index (Phi) is 5.16. The number of rotatable bonds is 4. The van der Waals surface area contributed by atoms with Crippen LogP contribution in [0.2, 0.25) is 0 Å². The van der Waals surface area contributed by atoms with Gasteiger partial charge in [-0.3, -0.25) is 4.79 Å². The third-order valence-corrected chi connectivity index (χ3v) is 2.40. The Morgan fingerprint density at radius 2 is 2.00 bits per heavy atom. The van der Waals surface area contributed by atoms with Gasteiger partial charge in [-0.15, -0.1) is 11.6 Å². The first-order chi connectivity index (χ1) is 6.33. The first kappa shape index (κ1) is 10.8. The third-order valence-electron chi connectivity index (χ3n) is 2.18. The predicted molar refractivity (Wildman–Crippen MR) is 49.6 cm³/mol. The molecule has 13 heavy (non-hydrogen) atoms. The Labute approximate surface area is 83.3 Å². The van der Waals surface area contributed by atoms with Gasteiger partial charge in [0, 0.05) is 0 Å². The third kappa shape index (κ3) is 4.48. The fourth-order valence-corrected chi connectivity index (χ4v) is 1.54. The summed E-state index contributed by atoms with van der Waals surface area (Å²) in [4.78, 5) is 10.6. The van der Waals surface area contributed by atoms with E-state index in [1.807, 2.05) is 0 Å². The van der Waals surface area contributed by atoms with Gasteiger partial charge in [-0.2, -0.15) is 0 Å². The minimum atomic E-state index is -0.419. The van der Waals surface area contributed by atoms with Crippen molar-refractivity contribution in [2.75, 3.05) is 12.7 Å². The zero-order chi connectivity index (χ0) is 9.52. The molecule has 0 bridgehead atoms. The van der Waals surface area contributed by atoms with E-state index in [4.69, 9.17) is 21.1 Å². The lowest BCUT2D eigenvalue weighted by Crippen LogP contribution is -2.20. The quantitative estimate of drug-likeness (QED) is 0.401. The van der Waals surface area contributed by atoms with Crippen LogP contribution in [0.1, 0.15) is 32.1 Å². The van der Waals surface area contributed by atoms with Gasteiger partial charge in [0.2, 0.25) is 0 Å². The molecule has 1 saturated carbocycles. The van der Waals surface area contributed by atoms with Crippen molar-refractivity contribution in [3.05, 3.63) is 0 Å². The van der Waals surface area contributed by atoms with Crippen LogP contribution in [0.4, 0.5) is 0 Å². The van der Waals surface area contributed by atoms with Crippen LogP contribution in [0.5, 0.6) is 0 Å². The molecule has 0 aromatic rings. The normalized spacial score (nSPS) is 18.5. The fourth-order valence-electron chi connectivity index (χ4n) is 1.47. The molecule has 1 fully saturated rings. The molecular weight excluding hydrogens is 192 g/mol. The number of hydrogen-bond acceptors (Lipinski definition) is 3. The number of carbonyl (C=O) groups excluding carboxylic acids is 1. The van der Waals surface area contributed by atoms with E-state index in [-0.39, 0.29) is 18.8 Å². The second-order valence-electron chi connectivity index (χ2n) is 3.19. The van der Waals surface area contributed by atoms with Crippen molar-refractivity contribution in [1.82, 2.24) is 0 Å². The topological polar surface area (TPSA) is 35.5 Å². The largest absolute Gasteiger partial charge is 0.438 e. The summed E-state index contributed by atoms with van der Waals surface area (Å²) < 4.78 is 10.1. The number of alkyl halides is 1. The summed E-state index contributed by atoms with van der Waals surface area (Å²) in [6.45, 7) is 0.0518. The van der Waals surface area contributed by atoms with E-state index in [1.165, 1.54) is 19.3 Å². The second-order valence-corrected chi connectivity index (χ2v) is 3.46. The Hall–Kier alpha value is -0.280. The van der Waals surface area contributed by atoms with Gasteiger partial charge in [-0.05, 0) is 12.8 Å². The molecule has 0 radical (unpaired) electrons. The summed E-state index contributed by atoms with van der Waals surface area (Å²) in [6, 6.07) is 0. The second kappa shape index (κ2) is 6.22. The molecular formula is C9H15ClO3. The molecule has 0 aliphatic heterocycles. The lowest BCUT2D eigenvalue weighted by Gasteiger charge is -2.21. The van der Waals surface area contributed by atoms with Crippen LogP contribution in [0.15, 0.2) is 0 Å². The van der Waals surface area contributed by atoms with Crippen molar-refractivity contribution in [2.45, 2.75) is 38.2 Å². The van der Waals surface area contributed by atoms with Crippen LogP contribution in [-0.4, -0.2) is 24.7 Å². The lowest BCUT2D eigenvalue weighted by atomic mass is 9.98. The highest BCUT2D eigenvalue weighted by Gasteiger charge is 2.13. The molecule has 1 rings (SSSR count). The minimum Gasteiger partial charge on any atom is -0.438 e. The smallest absolute Gasteiger partial charge is 0.322 e. The van der Waals surface area contributed by atoms with Gasteiger partial charge < -0.3 is 9.47 Å². The van der Waals surface area contributed by atoms with Gasteiger partial charge in [0.15, 0.2) is 6.79 Å². The van der Waals surface area contributed by atoms with E-state index in [0.717, 1.165) is 12.8 Å². The molecule has 3 nitrogen and oxygen atoms in total.